The lowest BCUT2D eigenvalue weighted by Crippen LogP contribution is -2.19. The minimum atomic E-state index is 0.120. The minimum absolute atomic E-state index is 0.120. The molecule has 0 amide bonds. The maximum absolute atomic E-state index is 6.42. The Morgan fingerprint density at radius 3 is 2.80 bits per heavy atom. The topological polar surface area (TPSA) is 35.2 Å². The Morgan fingerprint density at radius 1 is 1.25 bits per heavy atom. The van der Waals surface area contributed by atoms with E-state index >= 15 is 0 Å². The number of methoxy groups -OCH3 is 1. The molecule has 2 nitrogen and oxygen atoms in total. The van der Waals surface area contributed by atoms with Crippen LogP contribution in [0.1, 0.15) is 22.7 Å². The van der Waals surface area contributed by atoms with Gasteiger partial charge in [0.2, 0.25) is 0 Å². The highest BCUT2D eigenvalue weighted by atomic mass is 79.9. The summed E-state index contributed by atoms with van der Waals surface area (Å²) in [6.45, 7) is 0. The Labute approximate surface area is 128 Å². The molecule has 0 saturated carbocycles. The Hall–Kier alpha value is -1.32. The van der Waals surface area contributed by atoms with E-state index in [0.717, 1.165) is 23.1 Å². The molecule has 2 aromatic rings. The predicted molar refractivity (Wildman–Crippen MR) is 85.0 cm³/mol. The number of hydrogen-bond acceptors (Lipinski definition) is 2. The van der Waals surface area contributed by atoms with E-state index < -0.39 is 0 Å². The van der Waals surface area contributed by atoms with E-state index in [-0.39, 0.29) is 6.04 Å². The number of fused-ring (bicyclic) bond motifs is 1. The van der Waals surface area contributed by atoms with Gasteiger partial charge in [-0.2, -0.15) is 0 Å². The molecule has 3 heteroatoms. The first-order valence-electron chi connectivity index (χ1n) is 6.85. The molecule has 2 N–H and O–H groups in total. The highest BCUT2D eigenvalue weighted by Gasteiger charge is 2.29. The molecule has 2 unspecified atom stereocenters. The molecule has 0 saturated heterocycles. The fourth-order valence-corrected chi connectivity index (χ4v) is 3.51. The molecular formula is C17H18BrNO. The normalized spacial score (nSPS) is 20.8. The van der Waals surface area contributed by atoms with Gasteiger partial charge in [-0.25, -0.2) is 0 Å². The van der Waals surface area contributed by atoms with Crippen LogP contribution in [-0.4, -0.2) is 7.11 Å². The summed E-state index contributed by atoms with van der Waals surface area (Å²) in [6, 6.07) is 14.8. The van der Waals surface area contributed by atoms with Crippen LogP contribution in [0.5, 0.6) is 5.75 Å². The van der Waals surface area contributed by atoms with Gasteiger partial charge in [0.05, 0.1) is 7.11 Å². The van der Waals surface area contributed by atoms with Gasteiger partial charge in [-0.1, -0.05) is 40.2 Å². The van der Waals surface area contributed by atoms with Gasteiger partial charge < -0.3 is 10.5 Å². The number of ether oxygens (including phenoxy) is 1. The van der Waals surface area contributed by atoms with Crippen molar-refractivity contribution in [2.75, 3.05) is 7.11 Å². The molecular weight excluding hydrogens is 314 g/mol. The zero-order valence-corrected chi connectivity index (χ0v) is 13.1. The van der Waals surface area contributed by atoms with Crippen molar-refractivity contribution in [3.8, 4) is 5.75 Å². The van der Waals surface area contributed by atoms with Crippen LogP contribution in [0.3, 0.4) is 0 Å². The third-order valence-electron chi connectivity index (χ3n) is 4.13. The first-order valence-corrected chi connectivity index (χ1v) is 7.64. The van der Waals surface area contributed by atoms with E-state index in [1.165, 1.54) is 16.7 Å². The Morgan fingerprint density at radius 2 is 2.05 bits per heavy atom. The second kappa shape index (κ2) is 5.58. The molecule has 104 valence electrons. The molecule has 20 heavy (non-hydrogen) atoms. The van der Waals surface area contributed by atoms with Crippen LogP contribution < -0.4 is 10.5 Å². The minimum Gasteiger partial charge on any atom is -0.496 e. The van der Waals surface area contributed by atoms with Gasteiger partial charge in [0.25, 0.3) is 0 Å². The molecule has 0 heterocycles. The number of hydrogen-bond donors (Lipinski definition) is 1. The highest BCUT2D eigenvalue weighted by Crippen LogP contribution is 2.38. The molecule has 2 atom stereocenters. The van der Waals surface area contributed by atoms with Crippen molar-refractivity contribution in [3.63, 3.8) is 0 Å². The molecule has 2 aromatic carbocycles. The van der Waals surface area contributed by atoms with E-state index in [1.54, 1.807) is 7.11 Å². The molecule has 3 rings (SSSR count). The Balaban J connectivity index is 1.85. The van der Waals surface area contributed by atoms with E-state index in [0.29, 0.717) is 5.92 Å². The monoisotopic (exact) mass is 331 g/mol. The third-order valence-corrected chi connectivity index (χ3v) is 4.62. The molecule has 0 bridgehead atoms. The van der Waals surface area contributed by atoms with Crippen molar-refractivity contribution in [2.45, 2.75) is 18.9 Å². The van der Waals surface area contributed by atoms with Crippen LogP contribution >= 0.6 is 15.9 Å². The average molecular weight is 332 g/mol. The average Bonchev–Trinajstić information content (AvgIpc) is 2.76. The van der Waals surface area contributed by atoms with Crippen molar-refractivity contribution in [1.29, 1.82) is 0 Å². The zero-order chi connectivity index (χ0) is 14.1. The van der Waals surface area contributed by atoms with Gasteiger partial charge in [0.1, 0.15) is 5.75 Å². The fourth-order valence-electron chi connectivity index (χ4n) is 3.10. The largest absolute Gasteiger partial charge is 0.496 e. The van der Waals surface area contributed by atoms with Crippen molar-refractivity contribution >= 4 is 15.9 Å². The summed E-state index contributed by atoms with van der Waals surface area (Å²) in [6.07, 6.45) is 1.99. The van der Waals surface area contributed by atoms with Crippen molar-refractivity contribution < 1.29 is 4.74 Å². The maximum atomic E-state index is 6.42. The highest BCUT2D eigenvalue weighted by molar-refractivity contribution is 9.10. The zero-order valence-electron chi connectivity index (χ0n) is 11.5. The van der Waals surface area contributed by atoms with Crippen molar-refractivity contribution in [2.24, 2.45) is 11.7 Å². The standard InChI is InChI=1S/C17H18BrNO/c1-20-16-7-6-14(18)10-12(16)9-13-8-11-4-2-3-5-15(11)17(13)19/h2-7,10,13,17H,8-9,19H2,1H3. The molecule has 0 aliphatic heterocycles. The second-order valence-corrected chi connectivity index (χ2v) is 6.26. The lowest BCUT2D eigenvalue weighted by Gasteiger charge is -2.18. The summed E-state index contributed by atoms with van der Waals surface area (Å²) < 4.78 is 6.54. The Bertz CT molecular complexity index is 626. The summed E-state index contributed by atoms with van der Waals surface area (Å²) in [7, 11) is 1.72. The third kappa shape index (κ3) is 2.48. The van der Waals surface area contributed by atoms with Crippen LogP contribution in [0.25, 0.3) is 0 Å². The number of benzene rings is 2. The smallest absolute Gasteiger partial charge is 0.122 e. The number of rotatable bonds is 3. The van der Waals surface area contributed by atoms with E-state index in [9.17, 15) is 0 Å². The SMILES string of the molecule is COc1ccc(Br)cc1CC1Cc2ccccc2C1N. The summed E-state index contributed by atoms with van der Waals surface area (Å²) in [4.78, 5) is 0. The van der Waals surface area contributed by atoms with Crippen LogP contribution in [-0.2, 0) is 12.8 Å². The van der Waals surface area contributed by atoms with Gasteiger partial charge in [0.15, 0.2) is 0 Å². The van der Waals surface area contributed by atoms with Gasteiger partial charge in [-0.05, 0) is 53.6 Å². The van der Waals surface area contributed by atoms with Crippen LogP contribution in [0.2, 0.25) is 0 Å². The summed E-state index contributed by atoms with van der Waals surface area (Å²) in [5.74, 6) is 1.38. The van der Waals surface area contributed by atoms with Crippen LogP contribution in [0.4, 0.5) is 0 Å². The number of halogens is 1. The molecule has 0 fully saturated rings. The predicted octanol–water partition coefficient (Wildman–Crippen LogP) is 3.87. The molecule has 0 spiro atoms. The lowest BCUT2D eigenvalue weighted by molar-refractivity contribution is 0.398. The molecule has 1 aliphatic carbocycles. The van der Waals surface area contributed by atoms with E-state index in [1.807, 2.05) is 12.1 Å². The first-order chi connectivity index (χ1) is 9.69. The van der Waals surface area contributed by atoms with Gasteiger partial charge in [-0.15, -0.1) is 0 Å². The van der Waals surface area contributed by atoms with Crippen molar-refractivity contribution in [3.05, 3.63) is 63.6 Å². The van der Waals surface area contributed by atoms with Crippen LogP contribution in [0.15, 0.2) is 46.9 Å². The van der Waals surface area contributed by atoms with Gasteiger partial charge >= 0.3 is 0 Å². The summed E-state index contributed by atoms with van der Waals surface area (Å²) in [5.41, 5.74) is 10.3. The molecule has 1 aliphatic rings. The fraction of sp³-hybridized carbons (Fsp3) is 0.294. The first kappa shape index (κ1) is 13.7. The number of nitrogens with two attached hydrogens (primary N) is 1. The maximum Gasteiger partial charge on any atom is 0.122 e. The Kier molecular flexibility index (Phi) is 3.81. The summed E-state index contributed by atoms with van der Waals surface area (Å²) in [5, 5.41) is 0. The second-order valence-electron chi connectivity index (χ2n) is 5.35. The van der Waals surface area contributed by atoms with E-state index in [2.05, 4.69) is 46.3 Å². The molecule has 0 aromatic heterocycles. The van der Waals surface area contributed by atoms with Gasteiger partial charge in [-0.3, -0.25) is 0 Å². The molecule has 0 radical (unpaired) electrons. The summed E-state index contributed by atoms with van der Waals surface area (Å²) >= 11 is 3.53. The van der Waals surface area contributed by atoms with Crippen molar-refractivity contribution in [1.82, 2.24) is 0 Å². The lowest BCUT2D eigenvalue weighted by atomic mass is 9.93. The van der Waals surface area contributed by atoms with E-state index in [4.69, 9.17) is 10.5 Å². The van der Waals surface area contributed by atoms with Crippen LogP contribution in [0, 0.1) is 5.92 Å². The quantitative estimate of drug-likeness (QED) is 0.926. The van der Waals surface area contributed by atoms with Gasteiger partial charge in [0, 0.05) is 10.5 Å².